The average molecular weight is 328 g/mol. The highest BCUT2D eigenvalue weighted by Gasteiger charge is 2.26. The first-order valence-corrected chi connectivity index (χ1v) is 7.48. The van der Waals surface area contributed by atoms with Gasteiger partial charge in [0.2, 0.25) is 0 Å². The highest BCUT2D eigenvalue weighted by atomic mass is 16.6. The summed E-state index contributed by atoms with van der Waals surface area (Å²) in [5.74, 6) is -0.941. The molecule has 0 aliphatic heterocycles. The monoisotopic (exact) mass is 328 g/mol. The summed E-state index contributed by atoms with van der Waals surface area (Å²) in [5, 5.41) is 16.4. The first-order chi connectivity index (χ1) is 11.5. The quantitative estimate of drug-likeness (QED) is 0.647. The third-order valence-electron chi connectivity index (χ3n) is 3.85. The molecule has 0 bridgehead atoms. The summed E-state index contributed by atoms with van der Waals surface area (Å²) in [6.07, 6.45) is 1.93. The van der Waals surface area contributed by atoms with Crippen molar-refractivity contribution < 1.29 is 14.5 Å². The van der Waals surface area contributed by atoms with Gasteiger partial charge in [-0.15, -0.1) is 0 Å². The lowest BCUT2D eigenvalue weighted by atomic mass is 10.1. The van der Waals surface area contributed by atoms with Gasteiger partial charge in [0.05, 0.1) is 18.3 Å². The Morgan fingerprint density at radius 2 is 1.88 bits per heavy atom. The molecule has 0 saturated heterocycles. The number of carbonyl (C=O) groups excluding carboxylic acids is 2. The van der Waals surface area contributed by atoms with E-state index in [1.807, 2.05) is 0 Å². The molecule has 0 unspecified atom stereocenters. The van der Waals surface area contributed by atoms with Gasteiger partial charge in [0, 0.05) is 12.1 Å². The maximum Gasteiger partial charge on any atom is 0.323 e. The lowest BCUT2D eigenvalue weighted by Gasteiger charge is -2.10. The number of hydrogen-bond donors (Lipinski definition) is 2. The van der Waals surface area contributed by atoms with Gasteiger partial charge < -0.3 is 20.7 Å². The van der Waals surface area contributed by atoms with E-state index in [0.717, 1.165) is 12.8 Å². The first-order valence-electron chi connectivity index (χ1n) is 7.48. The van der Waals surface area contributed by atoms with Crippen molar-refractivity contribution in [2.75, 3.05) is 5.32 Å². The van der Waals surface area contributed by atoms with Crippen molar-refractivity contribution >= 4 is 23.3 Å². The van der Waals surface area contributed by atoms with Crippen molar-refractivity contribution in [3.05, 3.63) is 57.8 Å². The summed E-state index contributed by atoms with van der Waals surface area (Å²) in [6.45, 7) is 0. The van der Waals surface area contributed by atoms with Gasteiger partial charge >= 0.3 is 5.82 Å². The molecule has 0 radical (unpaired) electrons. The molecule has 2 N–H and O–H groups in total. The number of amides is 2. The van der Waals surface area contributed by atoms with Crippen LogP contribution in [0.25, 0.3) is 0 Å². The molecular weight excluding hydrogens is 312 g/mol. The van der Waals surface area contributed by atoms with E-state index in [-0.39, 0.29) is 23.5 Å². The van der Waals surface area contributed by atoms with Crippen molar-refractivity contribution in [3.8, 4) is 0 Å². The van der Waals surface area contributed by atoms with Crippen LogP contribution in [0.2, 0.25) is 0 Å². The summed E-state index contributed by atoms with van der Waals surface area (Å²) in [6, 6.07) is 9.51. The smallest absolute Gasteiger partial charge is 0.323 e. The van der Waals surface area contributed by atoms with Crippen LogP contribution in [0.5, 0.6) is 0 Å². The van der Waals surface area contributed by atoms with Crippen LogP contribution in [0.1, 0.15) is 33.7 Å². The van der Waals surface area contributed by atoms with Gasteiger partial charge in [0.25, 0.3) is 11.8 Å². The topological polar surface area (TPSA) is 106 Å². The average Bonchev–Trinajstić information content (AvgIpc) is 3.26. The second-order valence-corrected chi connectivity index (χ2v) is 5.64. The Morgan fingerprint density at radius 3 is 2.50 bits per heavy atom. The molecule has 1 aliphatic rings. The molecule has 2 aromatic rings. The summed E-state index contributed by atoms with van der Waals surface area (Å²) in [4.78, 5) is 34.9. The van der Waals surface area contributed by atoms with E-state index in [0.29, 0.717) is 11.3 Å². The Hall–Kier alpha value is -3.16. The maximum atomic E-state index is 12.4. The second kappa shape index (κ2) is 6.15. The fourth-order valence-electron chi connectivity index (χ4n) is 2.38. The van der Waals surface area contributed by atoms with Gasteiger partial charge in [-0.2, -0.15) is 0 Å². The largest absolute Gasteiger partial charge is 0.358 e. The fourth-order valence-corrected chi connectivity index (χ4v) is 2.38. The molecule has 3 rings (SSSR count). The SMILES string of the molecule is Cn1c(C(=O)Nc2ccccc2C(=O)NC2CC2)ccc1[N+](=O)[O-]. The van der Waals surface area contributed by atoms with E-state index in [1.165, 1.54) is 23.7 Å². The number of hydrogen-bond acceptors (Lipinski definition) is 4. The molecule has 1 fully saturated rings. The van der Waals surface area contributed by atoms with Gasteiger partial charge in [-0.25, -0.2) is 4.57 Å². The number of para-hydroxylation sites is 1. The summed E-state index contributed by atoms with van der Waals surface area (Å²) < 4.78 is 1.20. The minimum atomic E-state index is -0.562. The number of aromatic nitrogens is 1. The highest BCUT2D eigenvalue weighted by Crippen LogP contribution is 2.22. The Morgan fingerprint density at radius 1 is 1.17 bits per heavy atom. The molecule has 1 heterocycles. The van der Waals surface area contributed by atoms with Crippen LogP contribution < -0.4 is 10.6 Å². The molecule has 124 valence electrons. The predicted molar refractivity (Wildman–Crippen MR) is 87.0 cm³/mol. The number of nitrogens with zero attached hydrogens (tertiary/aromatic N) is 2. The van der Waals surface area contributed by atoms with Crippen LogP contribution in [0, 0.1) is 10.1 Å². The standard InChI is InChI=1S/C16H16N4O4/c1-19-13(8-9-14(19)20(23)24)16(22)18-12-5-3-2-4-11(12)15(21)17-10-6-7-10/h2-5,8-10H,6-7H2,1H3,(H,17,21)(H,18,22). The van der Waals surface area contributed by atoms with Crippen LogP contribution >= 0.6 is 0 Å². The van der Waals surface area contributed by atoms with E-state index < -0.39 is 10.8 Å². The summed E-state index contributed by atoms with van der Waals surface area (Å²) >= 11 is 0. The lowest BCUT2D eigenvalue weighted by Crippen LogP contribution is -2.27. The zero-order valence-electron chi connectivity index (χ0n) is 13.0. The lowest BCUT2D eigenvalue weighted by molar-refractivity contribution is -0.391. The van der Waals surface area contributed by atoms with Crippen LogP contribution in [0.15, 0.2) is 36.4 Å². The van der Waals surface area contributed by atoms with E-state index in [9.17, 15) is 19.7 Å². The Kier molecular flexibility index (Phi) is 4.03. The molecule has 1 aromatic carbocycles. The zero-order valence-corrected chi connectivity index (χ0v) is 13.0. The van der Waals surface area contributed by atoms with Crippen molar-refractivity contribution in [3.63, 3.8) is 0 Å². The van der Waals surface area contributed by atoms with Gasteiger partial charge in [0.15, 0.2) is 5.69 Å². The molecule has 8 nitrogen and oxygen atoms in total. The number of nitro groups is 1. The number of nitrogens with one attached hydrogen (secondary N) is 2. The normalized spacial score (nSPS) is 13.4. The van der Waals surface area contributed by atoms with Gasteiger partial charge in [-0.05, 0) is 36.0 Å². The van der Waals surface area contributed by atoms with Crippen molar-refractivity contribution in [2.24, 2.45) is 7.05 Å². The first kappa shape index (κ1) is 15.7. The number of carbonyl (C=O) groups is 2. The molecule has 1 saturated carbocycles. The predicted octanol–water partition coefficient (Wildman–Crippen LogP) is 2.08. The minimum absolute atomic E-state index is 0.138. The molecule has 1 aromatic heterocycles. The molecule has 24 heavy (non-hydrogen) atoms. The Labute approximate surface area is 137 Å². The molecule has 1 aliphatic carbocycles. The molecule has 0 spiro atoms. The van der Waals surface area contributed by atoms with Gasteiger partial charge in [0.1, 0.15) is 0 Å². The third kappa shape index (κ3) is 3.12. The minimum Gasteiger partial charge on any atom is -0.358 e. The Balaban J connectivity index is 1.82. The van der Waals surface area contributed by atoms with Gasteiger partial charge in [-0.1, -0.05) is 12.1 Å². The van der Waals surface area contributed by atoms with E-state index in [4.69, 9.17) is 0 Å². The molecular formula is C16H16N4O4. The number of rotatable bonds is 5. The fraction of sp³-hybridized carbons (Fsp3) is 0.250. The zero-order chi connectivity index (χ0) is 17.3. The van der Waals surface area contributed by atoms with Crippen LogP contribution in [-0.4, -0.2) is 27.3 Å². The van der Waals surface area contributed by atoms with Crippen molar-refractivity contribution in [2.45, 2.75) is 18.9 Å². The third-order valence-corrected chi connectivity index (χ3v) is 3.85. The number of benzene rings is 1. The van der Waals surface area contributed by atoms with E-state index in [2.05, 4.69) is 10.6 Å². The summed E-state index contributed by atoms with van der Waals surface area (Å²) in [7, 11) is 1.44. The van der Waals surface area contributed by atoms with Gasteiger partial charge in [-0.3, -0.25) is 9.59 Å². The highest BCUT2D eigenvalue weighted by molar-refractivity contribution is 6.08. The van der Waals surface area contributed by atoms with Crippen LogP contribution in [-0.2, 0) is 7.05 Å². The number of anilines is 1. The van der Waals surface area contributed by atoms with E-state index in [1.54, 1.807) is 24.3 Å². The van der Waals surface area contributed by atoms with E-state index >= 15 is 0 Å². The molecule has 2 amide bonds. The maximum absolute atomic E-state index is 12.4. The van der Waals surface area contributed by atoms with Crippen LogP contribution in [0.3, 0.4) is 0 Å². The van der Waals surface area contributed by atoms with Crippen LogP contribution in [0.4, 0.5) is 11.5 Å². The Bertz CT molecular complexity index is 823. The molecule has 0 atom stereocenters. The van der Waals surface area contributed by atoms with Crippen molar-refractivity contribution in [1.29, 1.82) is 0 Å². The molecule has 8 heteroatoms. The van der Waals surface area contributed by atoms with Crippen molar-refractivity contribution in [1.82, 2.24) is 9.88 Å². The second-order valence-electron chi connectivity index (χ2n) is 5.64. The summed E-state index contributed by atoms with van der Waals surface area (Å²) in [5.41, 5.74) is 0.866.